The Kier molecular flexibility index (Phi) is 7.37. The molecule has 26 heavy (non-hydrogen) atoms. The molecule has 1 aliphatic heterocycles. The molecule has 1 saturated heterocycles. The molecule has 0 radical (unpaired) electrons. The maximum absolute atomic E-state index is 13.1. The van der Waals surface area contributed by atoms with Gasteiger partial charge in [0.15, 0.2) is 5.78 Å². The number of likely N-dealkylation sites (tertiary alicyclic amines) is 1. The molecular formula is C21H24ClNO3. The number of halogens is 1. The number of carbonyl (C=O) groups excluding carboxylic acids is 1. The molecule has 1 heterocycles. The fraction of sp³-hybridized carbons (Fsp3) is 0.333. The zero-order valence-corrected chi connectivity index (χ0v) is 15.4. The first-order valence-electron chi connectivity index (χ1n) is 8.73. The summed E-state index contributed by atoms with van der Waals surface area (Å²) in [5.74, 6) is -1.33. The Hall–Kier alpha value is -2.17. The van der Waals surface area contributed by atoms with Gasteiger partial charge in [0.25, 0.3) is 0 Å². The Labute approximate surface area is 160 Å². The van der Waals surface area contributed by atoms with Crippen molar-refractivity contribution < 1.29 is 14.7 Å². The van der Waals surface area contributed by atoms with Crippen molar-refractivity contribution in [2.45, 2.75) is 18.8 Å². The molecule has 0 spiro atoms. The van der Waals surface area contributed by atoms with Crippen LogP contribution < -0.4 is 0 Å². The lowest BCUT2D eigenvalue weighted by Gasteiger charge is -2.31. The Bertz CT molecular complexity index is 681. The molecule has 2 aromatic rings. The van der Waals surface area contributed by atoms with Gasteiger partial charge in [-0.25, -0.2) is 0 Å². The summed E-state index contributed by atoms with van der Waals surface area (Å²) in [7, 11) is 0. The predicted octanol–water partition coefficient (Wildman–Crippen LogP) is 3.61. The average molecular weight is 374 g/mol. The second-order valence-electron chi connectivity index (χ2n) is 6.63. The van der Waals surface area contributed by atoms with Gasteiger partial charge >= 0.3 is 5.97 Å². The van der Waals surface area contributed by atoms with Crippen LogP contribution in [-0.4, -0.2) is 41.4 Å². The van der Waals surface area contributed by atoms with Gasteiger partial charge in [0.2, 0.25) is 0 Å². The van der Waals surface area contributed by atoms with Crippen molar-refractivity contribution in [1.29, 1.82) is 0 Å². The van der Waals surface area contributed by atoms with Gasteiger partial charge in [-0.1, -0.05) is 60.7 Å². The number of ketones is 1. The standard InChI is InChI=1S/C21H23NO3.ClH/c23-19(15-22-13-7-12-18(14-22)21(24)25)20(16-8-3-1-4-9-16)17-10-5-2-6-11-17;/h1-6,8-11,18,20H,7,12-15H2,(H,24,25);1H. The van der Waals surface area contributed by atoms with E-state index in [1.54, 1.807) is 0 Å². The number of nitrogens with zero attached hydrogens (tertiary/aromatic N) is 1. The summed E-state index contributed by atoms with van der Waals surface area (Å²) in [5.41, 5.74) is 1.95. The molecule has 4 nitrogen and oxygen atoms in total. The Morgan fingerprint density at radius 2 is 1.54 bits per heavy atom. The Balaban J connectivity index is 0.00000243. The van der Waals surface area contributed by atoms with Gasteiger partial charge in [-0.2, -0.15) is 0 Å². The lowest BCUT2D eigenvalue weighted by molar-refractivity contribution is -0.144. The smallest absolute Gasteiger partial charge is 0.307 e. The van der Waals surface area contributed by atoms with Crippen LogP contribution in [0.15, 0.2) is 60.7 Å². The highest BCUT2D eigenvalue weighted by molar-refractivity contribution is 5.90. The number of carbonyl (C=O) groups is 2. The fourth-order valence-corrected chi connectivity index (χ4v) is 3.57. The molecule has 5 heteroatoms. The average Bonchev–Trinajstić information content (AvgIpc) is 2.64. The van der Waals surface area contributed by atoms with Crippen LogP contribution in [0, 0.1) is 5.92 Å². The van der Waals surface area contributed by atoms with Gasteiger partial charge < -0.3 is 5.11 Å². The number of hydrogen-bond acceptors (Lipinski definition) is 3. The van der Waals surface area contributed by atoms with Crippen molar-refractivity contribution in [3.63, 3.8) is 0 Å². The normalized spacial score (nSPS) is 17.5. The number of piperidine rings is 1. The first-order valence-corrected chi connectivity index (χ1v) is 8.73. The molecule has 0 saturated carbocycles. The summed E-state index contributed by atoms with van der Waals surface area (Å²) in [4.78, 5) is 26.3. The van der Waals surface area contributed by atoms with Gasteiger partial charge in [-0.05, 0) is 30.5 Å². The van der Waals surface area contributed by atoms with Crippen LogP contribution in [0.1, 0.15) is 29.9 Å². The predicted molar refractivity (Wildman–Crippen MR) is 104 cm³/mol. The molecule has 0 bridgehead atoms. The summed E-state index contributed by atoms with van der Waals surface area (Å²) < 4.78 is 0. The number of hydrogen-bond donors (Lipinski definition) is 1. The van der Waals surface area contributed by atoms with E-state index in [1.807, 2.05) is 65.6 Å². The molecule has 0 amide bonds. The second-order valence-corrected chi connectivity index (χ2v) is 6.63. The van der Waals surface area contributed by atoms with Crippen molar-refractivity contribution in [3.8, 4) is 0 Å². The number of rotatable bonds is 6. The van der Waals surface area contributed by atoms with E-state index in [9.17, 15) is 14.7 Å². The Morgan fingerprint density at radius 1 is 1.00 bits per heavy atom. The van der Waals surface area contributed by atoms with Crippen molar-refractivity contribution in [2.75, 3.05) is 19.6 Å². The maximum Gasteiger partial charge on any atom is 0.307 e. The third kappa shape index (κ3) is 4.93. The van der Waals surface area contributed by atoms with Gasteiger partial charge in [0, 0.05) is 6.54 Å². The first kappa shape index (κ1) is 20.1. The van der Waals surface area contributed by atoms with Crippen molar-refractivity contribution in [2.24, 2.45) is 5.92 Å². The van der Waals surface area contributed by atoms with E-state index in [-0.39, 0.29) is 36.6 Å². The summed E-state index contributed by atoms with van der Waals surface area (Å²) >= 11 is 0. The maximum atomic E-state index is 13.1. The number of carboxylic acids is 1. The molecular weight excluding hydrogens is 350 g/mol. The minimum atomic E-state index is -0.764. The third-order valence-electron chi connectivity index (χ3n) is 4.82. The van der Waals surface area contributed by atoms with Gasteiger partial charge in [-0.15, -0.1) is 12.4 Å². The van der Waals surface area contributed by atoms with Crippen LogP contribution in [0.5, 0.6) is 0 Å². The lowest BCUT2D eigenvalue weighted by atomic mass is 9.87. The first-order chi connectivity index (χ1) is 12.1. The fourth-order valence-electron chi connectivity index (χ4n) is 3.57. The molecule has 1 atom stereocenters. The van der Waals surface area contributed by atoms with Crippen LogP contribution in [0.4, 0.5) is 0 Å². The van der Waals surface area contributed by atoms with E-state index in [0.717, 1.165) is 24.1 Å². The second kappa shape index (κ2) is 9.51. The summed E-state index contributed by atoms with van der Waals surface area (Å²) in [5, 5.41) is 9.24. The van der Waals surface area contributed by atoms with Crippen molar-refractivity contribution in [3.05, 3.63) is 71.8 Å². The largest absolute Gasteiger partial charge is 0.481 e. The number of carboxylic acid groups (broad SMARTS) is 1. The number of Topliss-reactive ketones (excluding diaryl/α,β-unsaturated/α-hetero) is 1. The molecule has 138 valence electrons. The van der Waals surface area contributed by atoms with Crippen LogP contribution >= 0.6 is 12.4 Å². The molecule has 1 unspecified atom stereocenters. The van der Waals surface area contributed by atoms with Gasteiger partial charge in [0.05, 0.1) is 18.4 Å². The van der Waals surface area contributed by atoms with Crippen molar-refractivity contribution in [1.82, 2.24) is 4.90 Å². The highest BCUT2D eigenvalue weighted by Crippen LogP contribution is 2.26. The molecule has 1 N–H and O–H groups in total. The van der Waals surface area contributed by atoms with Crippen molar-refractivity contribution >= 4 is 24.2 Å². The highest BCUT2D eigenvalue weighted by atomic mass is 35.5. The molecule has 3 rings (SSSR count). The van der Waals surface area contributed by atoms with Crippen LogP contribution in [0.2, 0.25) is 0 Å². The zero-order chi connectivity index (χ0) is 17.6. The third-order valence-corrected chi connectivity index (χ3v) is 4.82. The number of aliphatic carboxylic acids is 1. The van der Waals surface area contributed by atoms with Crippen LogP contribution in [-0.2, 0) is 9.59 Å². The molecule has 1 aliphatic rings. The molecule has 0 aliphatic carbocycles. The van der Waals surface area contributed by atoms with Crippen LogP contribution in [0.3, 0.4) is 0 Å². The van der Waals surface area contributed by atoms with Crippen LogP contribution in [0.25, 0.3) is 0 Å². The van der Waals surface area contributed by atoms with E-state index in [4.69, 9.17) is 0 Å². The molecule has 2 aromatic carbocycles. The monoisotopic (exact) mass is 373 g/mol. The molecule has 0 aromatic heterocycles. The van der Waals surface area contributed by atoms with E-state index < -0.39 is 5.97 Å². The van der Waals surface area contributed by atoms with E-state index in [2.05, 4.69) is 0 Å². The quantitative estimate of drug-likeness (QED) is 0.840. The number of benzene rings is 2. The highest BCUT2D eigenvalue weighted by Gasteiger charge is 2.29. The zero-order valence-electron chi connectivity index (χ0n) is 14.6. The van der Waals surface area contributed by atoms with E-state index in [0.29, 0.717) is 13.0 Å². The van der Waals surface area contributed by atoms with E-state index >= 15 is 0 Å². The topological polar surface area (TPSA) is 57.6 Å². The summed E-state index contributed by atoms with van der Waals surface area (Å²) in [6.07, 6.45) is 1.52. The lowest BCUT2D eigenvalue weighted by Crippen LogP contribution is -2.42. The SMILES string of the molecule is Cl.O=C(O)C1CCCN(CC(=O)C(c2ccccc2)c2ccccc2)C1. The van der Waals surface area contributed by atoms with Gasteiger partial charge in [0.1, 0.15) is 0 Å². The van der Waals surface area contributed by atoms with Gasteiger partial charge in [-0.3, -0.25) is 14.5 Å². The summed E-state index contributed by atoms with van der Waals surface area (Å²) in [6.45, 7) is 1.53. The molecule has 1 fully saturated rings. The minimum Gasteiger partial charge on any atom is -0.481 e. The minimum absolute atomic E-state index is 0. The summed E-state index contributed by atoms with van der Waals surface area (Å²) in [6, 6.07) is 19.6. The Morgan fingerprint density at radius 3 is 2.04 bits per heavy atom. The van der Waals surface area contributed by atoms with E-state index in [1.165, 1.54) is 0 Å².